The number of hydrogen-bond donors (Lipinski definition) is 2. The first-order valence-corrected chi connectivity index (χ1v) is 12.4. The molecule has 1 atom stereocenters. The molecular formula is C24H26N2O8S. The van der Waals surface area contributed by atoms with Crippen LogP contribution in [0.5, 0.6) is 5.75 Å². The maximum Gasteiger partial charge on any atom is 0.295 e. The summed E-state index contributed by atoms with van der Waals surface area (Å²) in [5.41, 5.74) is 0.467. The van der Waals surface area contributed by atoms with Gasteiger partial charge in [0, 0.05) is 32.3 Å². The first-order chi connectivity index (χ1) is 16.8. The molecule has 0 unspecified atom stereocenters. The third-order valence-electron chi connectivity index (χ3n) is 6.00. The minimum Gasteiger partial charge on any atom is -0.508 e. The van der Waals surface area contributed by atoms with Gasteiger partial charge in [-0.2, -0.15) is 4.31 Å². The molecule has 0 bridgehead atoms. The monoisotopic (exact) mass is 502 g/mol. The summed E-state index contributed by atoms with van der Waals surface area (Å²) in [4.78, 5) is 27.1. The van der Waals surface area contributed by atoms with E-state index in [-0.39, 0.29) is 48.0 Å². The Labute approximate surface area is 203 Å². The summed E-state index contributed by atoms with van der Waals surface area (Å²) >= 11 is 0. The number of sulfonamides is 1. The number of hydrogen-bond acceptors (Lipinski definition) is 8. The topological polar surface area (TPSA) is 134 Å². The Morgan fingerprint density at radius 2 is 1.80 bits per heavy atom. The number of amides is 1. The van der Waals surface area contributed by atoms with Crippen molar-refractivity contribution in [2.75, 3.05) is 46.6 Å². The second-order valence-electron chi connectivity index (χ2n) is 8.12. The number of benzene rings is 2. The van der Waals surface area contributed by atoms with Crippen molar-refractivity contribution < 1.29 is 37.7 Å². The number of carbonyl (C=O) groups excluding carboxylic acids is 2. The molecule has 0 aliphatic carbocycles. The lowest BCUT2D eigenvalue weighted by Crippen LogP contribution is -2.40. The number of ether oxygens (including phenoxy) is 2. The minimum absolute atomic E-state index is 0.0426. The van der Waals surface area contributed by atoms with Crippen molar-refractivity contribution in [2.45, 2.75) is 10.9 Å². The Kier molecular flexibility index (Phi) is 7.22. The SMILES string of the molecule is COCCN1C(=O)C(=O)/C(=C(/O)c2ccc(S(=O)(=O)N3CCOCC3)cc2)[C@@H]1c1cccc(O)c1. The molecule has 35 heavy (non-hydrogen) atoms. The molecule has 0 aromatic heterocycles. The molecule has 0 saturated carbocycles. The first kappa shape index (κ1) is 24.9. The predicted octanol–water partition coefficient (Wildman–Crippen LogP) is 1.48. The minimum atomic E-state index is -3.74. The molecule has 1 amide bonds. The van der Waals surface area contributed by atoms with Crippen LogP contribution in [0.25, 0.3) is 5.76 Å². The lowest BCUT2D eigenvalue weighted by atomic mass is 9.95. The van der Waals surface area contributed by atoms with Crippen LogP contribution in [0.4, 0.5) is 0 Å². The quantitative estimate of drug-likeness (QED) is 0.330. The van der Waals surface area contributed by atoms with Gasteiger partial charge in [-0.3, -0.25) is 9.59 Å². The molecule has 11 heteroatoms. The van der Waals surface area contributed by atoms with Gasteiger partial charge in [0.2, 0.25) is 10.0 Å². The summed E-state index contributed by atoms with van der Waals surface area (Å²) in [6.07, 6.45) is 0. The van der Waals surface area contributed by atoms with Gasteiger partial charge in [-0.05, 0) is 42.0 Å². The average Bonchev–Trinajstić information content (AvgIpc) is 3.12. The molecule has 2 heterocycles. The number of ketones is 1. The van der Waals surface area contributed by atoms with E-state index in [1.807, 2.05) is 0 Å². The molecule has 2 aliphatic rings. The number of methoxy groups -OCH3 is 1. The van der Waals surface area contributed by atoms with Crippen LogP contribution in [0.15, 0.2) is 59.0 Å². The maximum atomic E-state index is 13.0. The van der Waals surface area contributed by atoms with Crippen molar-refractivity contribution in [3.05, 3.63) is 65.2 Å². The molecule has 2 aromatic rings. The molecule has 2 N–H and O–H groups in total. The highest BCUT2D eigenvalue weighted by Crippen LogP contribution is 2.40. The Morgan fingerprint density at radius 3 is 2.43 bits per heavy atom. The van der Waals surface area contributed by atoms with Crippen LogP contribution in [-0.2, 0) is 29.1 Å². The number of aromatic hydroxyl groups is 1. The van der Waals surface area contributed by atoms with Gasteiger partial charge in [0.25, 0.3) is 11.7 Å². The van der Waals surface area contributed by atoms with Crippen LogP contribution in [0.1, 0.15) is 17.2 Å². The highest BCUT2D eigenvalue weighted by Gasteiger charge is 2.46. The van der Waals surface area contributed by atoms with Crippen LogP contribution < -0.4 is 0 Å². The molecule has 0 radical (unpaired) electrons. The number of morpholine rings is 1. The second kappa shape index (κ2) is 10.2. The van der Waals surface area contributed by atoms with Crippen LogP contribution in [-0.4, -0.2) is 86.1 Å². The van der Waals surface area contributed by atoms with Crippen molar-refractivity contribution in [1.29, 1.82) is 0 Å². The fourth-order valence-corrected chi connectivity index (χ4v) is 5.63. The number of carbonyl (C=O) groups is 2. The standard InChI is InChI=1S/C24H26N2O8S/c1-33-12-11-26-21(17-3-2-4-18(27)15-17)20(23(29)24(26)30)22(28)16-5-7-19(8-6-16)35(31,32)25-9-13-34-14-10-25/h2-8,15,21,27-28H,9-14H2,1H3/b22-20+/t21-/m0/s1. The van der Waals surface area contributed by atoms with Gasteiger partial charge in [-0.15, -0.1) is 0 Å². The highest BCUT2D eigenvalue weighted by molar-refractivity contribution is 7.89. The van der Waals surface area contributed by atoms with Crippen molar-refractivity contribution in [2.24, 2.45) is 0 Å². The number of Topliss-reactive ketones (excluding diaryl/α,β-unsaturated/α-hetero) is 1. The maximum absolute atomic E-state index is 13.0. The number of aliphatic hydroxyl groups excluding tert-OH is 1. The van der Waals surface area contributed by atoms with Crippen LogP contribution in [0.3, 0.4) is 0 Å². The van der Waals surface area contributed by atoms with E-state index in [1.54, 1.807) is 12.1 Å². The molecular weight excluding hydrogens is 476 g/mol. The fourth-order valence-electron chi connectivity index (χ4n) is 4.22. The van der Waals surface area contributed by atoms with Gasteiger partial charge < -0.3 is 24.6 Å². The zero-order valence-electron chi connectivity index (χ0n) is 19.1. The van der Waals surface area contributed by atoms with E-state index in [0.29, 0.717) is 18.8 Å². The van der Waals surface area contributed by atoms with Crippen LogP contribution in [0, 0.1) is 0 Å². The largest absolute Gasteiger partial charge is 0.508 e. The predicted molar refractivity (Wildman–Crippen MR) is 125 cm³/mol. The molecule has 4 rings (SSSR count). The normalized spacial score (nSPS) is 20.9. The number of phenolic OH excluding ortho intramolecular Hbond substituents is 1. The van der Waals surface area contributed by atoms with E-state index in [2.05, 4.69) is 0 Å². The highest BCUT2D eigenvalue weighted by atomic mass is 32.2. The first-order valence-electron chi connectivity index (χ1n) is 11.0. The number of nitrogens with zero attached hydrogens (tertiary/aromatic N) is 2. The van der Waals surface area contributed by atoms with Gasteiger partial charge in [-0.1, -0.05) is 12.1 Å². The number of rotatable bonds is 7. The summed E-state index contributed by atoms with van der Waals surface area (Å²) in [7, 11) is -2.27. The van der Waals surface area contributed by atoms with E-state index in [0.717, 1.165) is 0 Å². The van der Waals surface area contributed by atoms with Gasteiger partial charge in [0.1, 0.15) is 11.5 Å². The molecule has 0 spiro atoms. The Hall–Kier alpha value is -3.25. The van der Waals surface area contributed by atoms with E-state index < -0.39 is 33.5 Å². The second-order valence-corrected chi connectivity index (χ2v) is 10.1. The molecule has 10 nitrogen and oxygen atoms in total. The lowest BCUT2D eigenvalue weighted by Gasteiger charge is -2.26. The zero-order chi connectivity index (χ0) is 25.2. The van der Waals surface area contributed by atoms with E-state index >= 15 is 0 Å². The number of aliphatic hydroxyl groups is 1. The van der Waals surface area contributed by atoms with Crippen molar-refractivity contribution in [1.82, 2.24) is 9.21 Å². The zero-order valence-corrected chi connectivity index (χ0v) is 19.9. The van der Waals surface area contributed by atoms with Crippen molar-refractivity contribution in [3.8, 4) is 5.75 Å². The van der Waals surface area contributed by atoms with Crippen LogP contribution in [0.2, 0.25) is 0 Å². The van der Waals surface area contributed by atoms with Crippen molar-refractivity contribution in [3.63, 3.8) is 0 Å². The van der Waals surface area contributed by atoms with Gasteiger partial charge >= 0.3 is 0 Å². The third-order valence-corrected chi connectivity index (χ3v) is 7.91. The lowest BCUT2D eigenvalue weighted by molar-refractivity contribution is -0.140. The van der Waals surface area contributed by atoms with Gasteiger partial charge in [-0.25, -0.2) is 8.42 Å². The molecule has 2 saturated heterocycles. The Bertz CT molecular complexity index is 1250. The smallest absolute Gasteiger partial charge is 0.295 e. The fraction of sp³-hybridized carbons (Fsp3) is 0.333. The average molecular weight is 503 g/mol. The van der Waals surface area contributed by atoms with E-state index in [4.69, 9.17) is 9.47 Å². The van der Waals surface area contributed by atoms with E-state index in [9.17, 15) is 28.2 Å². The summed E-state index contributed by atoms with van der Waals surface area (Å²) in [5, 5.41) is 21.1. The summed E-state index contributed by atoms with van der Waals surface area (Å²) in [6.45, 7) is 1.38. The van der Waals surface area contributed by atoms with E-state index in [1.165, 1.54) is 52.7 Å². The Balaban J connectivity index is 1.74. The van der Waals surface area contributed by atoms with Crippen LogP contribution >= 0.6 is 0 Å². The molecule has 2 aromatic carbocycles. The third kappa shape index (κ3) is 4.80. The molecule has 2 fully saturated rings. The molecule has 186 valence electrons. The number of phenols is 1. The van der Waals surface area contributed by atoms with Gasteiger partial charge in [0.15, 0.2) is 0 Å². The summed E-state index contributed by atoms with van der Waals surface area (Å²) < 4.78 is 37.4. The summed E-state index contributed by atoms with van der Waals surface area (Å²) in [6, 6.07) is 10.6. The Morgan fingerprint density at radius 1 is 1.11 bits per heavy atom. The van der Waals surface area contributed by atoms with Gasteiger partial charge in [0.05, 0.1) is 36.3 Å². The number of likely N-dealkylation sites (tertiary alicyclic amines) is 1. The van der Waals surface area contributed by atoms with Crippen molar-refractivity contribution >= 4 is 27.5 Å². The molecule has 2 aliphatic heterocycles. The summed E-state index contributed by atoms with van der Waals surface area (Å²) in [5.74, 6) is -2.18.